The average Bonchev–Trinajstić information content (AvgIpc) is 3.00. The van der Waals surface area contributed by atoms with Crippen LogP contribution in [0.25, 0.3) is 11.4 Å². The fourth-order valence-electron chi connectivity index (χ4n) is 2.54. The first-order valence-electron chi connectivity index (χ1n) is 7.89. The molecule has 4 rings (SSSR count). The van der Waals surface area contributed by atoms with Crippen LogP contribution in [0, 0.1) is 0 Å². The van der Waals surface area contributed by atoms with E-state index in [9.17, 15) is 4.79 Å². The molecule has 0 amide bonds. The molecule has 0 saturated carbocycles. The van der Waals surface area contributed by atoms with Crippen molar-refractivity contribution in [3.05, 3.63) is 106 Å². The maximum Gasteiger partial charge on any atom is 0.349 e. The second-order valence-electron chi connectivity index (χ2n) is 5.40. The van der Waals surface area contributed by atoms with E-state index in [2.05, 4.69) is 4.99 Å². The highest BCUT2D eigenvalue weighted by atomic mass is 32.1. The zero-order valence-corrected chi connectivity index (χ0v) is 14.1. The summed E-state index contributed by atoms with van der Waals surface area (Å²) in [5.41, 5.74) is 2.32. The molecule has 0 bridgehead atoms. The van der Waals surface area contributed by atoms with Crippen LogP contribution in [0.1, 0.15) is 0 Å². The van der Waals surface area contributed by atoms with Crippen molar-refractivity contribution < 1.29 is 0 Å². The lowest BCUT2D eigenvalue weighted by Crippen LogP contribution is -2.27. The summed E-state index contributed by atoms with van der Waals surface area (Å²) in [6, 6.07) is 28.8. The first-order valence-corrected chi connectivity index (χ1v) is 8.66. The Labute approximate surface area is 148 Å². The van der Waals surface area contributed by atoms with E-state index in [0.717, 1.165) is 17.1 Å². The van der Waals surface area contributed by atoms with Gasteiger partial charge in [0.25, 0.3) is 0 Å². The monoisotopic (exact) mass is 345 g/mol. The first kappa shape index (κ1) is 15.4. The maximum atomic E-state index is 13.1. The van der Waals surface area contributed by atoms with Gasteiger partial charge in [-0.1, -0.05) is 54.6 Å². The fraction of sp³-hybridized carbons (Fsp3) is 0. The van der Waals surface area contributed by atoms with Gasteiger partial charge in [-0.15, -0.1) is 0 Å². The van der Waals surface area contributed by atoms with Crippen LogP contribution in [0.5, 0.6) is 0 Å². The summed E-state index contributed by atoms with van der Waals surface area (Å²) in [5, 5.41) is 0. The van der Waals surface area contributed by atoms with Gasteiger partial charge in [-0.05, 0) is 47.9 Å². The Morgan fingerprint density at radius 1 is 0.680 bits per heavy atom. The number of benzene rings is 3. The van der Waals surface area contributed by atoms with Gasteiger partial charge < -0.3 is 0 Å². The molecule has 25 heavy (non-hydrogen) atoms. The molecule has 4 nitrogen and oxygen atoms in total. The maximum absolute atomic E-state index is 13.1. The zero-order chi connectivity index (χ0) is 17.1. The SMILES string of the molecule is O=c1n(-c2ccccc2)sc(=Nc2ccccc2)n1-c1ccccc1. The lowest BCUT2D eigenvalue weighted by molar-refractivity contribution is 0.890. The molecule has 122 valence electrons. The average molecular weight is 345 g/mol. The third-order valence-electron chi connectivity index (χ3n) is 3.72. The van der Waals surface area contributed by atoms with E-state index in [-0.39, 0.29) is 5.69 Å². The van der Waals surface area contributed by atoms with E-state index in [1.54, 1.807) is 8.52 Å². The molecule has 0 spiro atoms. The van der Waals surface area contributed by atoms with Gasteiger partial charge in [0.1, 0.15) is 0 Å². The molecule has 4 aromatic rings. The summed E-state index contributed by atoms with van der Waals surface area (Å²) < 4.78 is 3.30. The Kier molecular flexibility index (Phi) is 4.14. The predicted octanol–water partition coefficient (Wildman–Crippen LogP) is 3.92. The normalized spacial score (nSPS) is 11.6. The van der Waals surface area contributed by atoms with Crippen LogP contribution in [-0.2, 0) is 0 Å². The van der Waals surface area contributed by atoms with Crippen molar-refractivity contribution in [2.75, 3.05) is 0 Å². The van der Waals surface area contributed by atoms with Crippen LogP contribution in [0.2, 0.25) is 0 Å². The summed E-state index contributed by atoms with van der Waals surface area (Å²) >= 11 is 1.33. The molecule has 0 fully saturated rings. The number of aromatic nitrogens is 2. The summed E-state index contributed by atoms with van der Waals surface area (Å²) in [4.78, 5) is 18.4. The van der Waals surface area contributed by atoms with Crippen molar-refractivity contribution in [3.63, 3.8) is 0 Å². The fourth-order valence-corrected chi connectivity index (χ4v) is 3.50. The molecule has 0 aliphatic rings. The molecule has 0 radical (unpaired) electrons. The van der Waals surface area contributed by atoms with Crippen molar-refractivity contribution in [2.24, 2.45) is 4.99 Å². The lowest BCUT2D eigenvalue weighted by atomic mass is 10.3. The van der Waals surface area contributed by atoms with Crippen LogP contribution >= 0.6 is 11.5 Å². The lowest BCUT2D eigenvalue weighted by Gasteiger charge is -2.01. The van der Waals surface area contributed by atoms with Crippen molar-refractivity contribution in [3.8, 4) is 11.4 Å². The standard InChI is InChI=1S/C20H15N3OS/c24-20-22(17-12-6-2-7-13-17)19(21-16-10-4-1-5-11-16)25-23(20)18-14-8-3-9-15-18/h1-15H. The molecule has 0 unspecified atom stereocenters. The Hall–Kier alpha value is -3.18. The topological polar surface area (TPSA) is 39.3 Å². The van der Waals surface area contributed by atoms with Crippen LogP contribution < -0.4 is 10.5 Å². The van der Waals surface area contributed by atoms with Crippen molar-refractivity contribution in [2.45, 2.75) is 0 Å². The molecule has 3 aromatic carbocycles. The Balaban J connectivity index is 2.00. The number of para-hydroxylation sites is 3. The summed E-state index contributed by atoms with van der Waals surface area (Å²) in [6.07, 6.45) is 0. The van der Waals surface area contributed by atoms with Gasteiger partial charge in [-0.2, -0.15) is 0 Å². The number of hydrogen-bond donors (Lipinski definition) is 0. The van der Waals surface area contributed by atoms with E-state index in [1.807, 2.05) is 91.0 Å². The molecule has 1 heterocycles. The molecule has 0 saturated heterocycles. The van der Waals surface area contributed by atoms with E-state index < -0.39 is 0 Å². The van der Waals surface area contributed by atoms with Crippen LogP contribution in [-0.4, -0.2) is 8.52 Å². The summed E-state index contributed by atoms with van der Waals surface area (Å²) in [5.74, 6) is 0. The predicted molar refractivity (Wildman–Crippen MR) is 101 cm³/mol. The van der Waals surface area contributed by atoms with Gasteiger partial charge in [0.2, 0.25) is 4.80 Å². The molecule has 5 heteroatoms. The van der Waals surface area contributed by atoms with Gasteiger partial charge >= 0.3 is 5.69 Å². The van der Waals surface area contributed by atoms with Crippen molar-refractivity contribution in [1.82, 2.24) is 8.52 Å². The first-order chi connectivity index (χ1) is 12.3. The minimum atomic E-state index is -0.128. The van der Waals surface area contributed by atoms with E-state index in [1.165, 1.54) is 11.5 Å². The van der Waals surface area contributed by atoms with Gasteiger partial charge in [0, 0.05) is 0 Å². The second-order valence-corrected chi connectivity index (χ2v) is 6.32. The minimum Gasteiger partial charge on any atom is -0.246 e. The van der Waals surface area contributed by atoms with Crippen molar-refractivity contribution >= 4 is 17.2 Å². The quantitative estimate of drug-likeness (QED) is 0.555. The molecule has 0 atom stereocenters. The summed E-state index contributed by atoms with van der Waals surface area (Å²) in [6.45, 7) is 0. The van der Waals surface area contributed by atoms with Gasteiger partial charge in [0.15, 0.2) is 0 Å². The second kappa shape index (κ2) is 6.75. The third-order valence-corrected chi connectivity index (χ3v) is 4.70. The van der Waals surface area contributed by atoms with Crippen molar-refractivity contribution in [1.29, 1.82) is 0 Å². The number of hydrogen-bond acceptors (Lipinski definition) is 3. The zero-order valence-electron chi connectivity index (χ0n) is 13.3. The van der Waals surface area contributed by atoms with Crippen LogP contribution in [0.15, 0.2) is 101 Å². The van der Waals surface area contributed by atoms with Crippen LogP contribution in [0.3, 0.4) is 0 Å². The summed E-state index contributed by atoms with van der Waals surface area (Å²) in [7, 11) is 0. The molecule has 0 aliphatic carbocycles. The van der Waals surface area contributed by atoms with Gasteiger partial charge in [-0.25, -0.2) is 18.3 Å². The Morgan fingerprint density at radius 2 is 1.20 bits per heavy atom. The molecule has 0 N–H and O–H groups in total. The largest absolute Gasteiger partial charge is 0.349 e. The van der Waals surface area contributed by atoms with Gasteiger partial charge in [0.05, 0.1) is 17.1 Å². The number of rotatable bonds is 3. The van der Waals surface area contributed by atoms with Gasteiger partial charge in [-0.3, -0.25) is 0 Å². The van der Waals surface area contributed by atoms with E-state index in [0.29, 0.717) is 4.80 Å². The minimum absolute atomic E-state index is 0.128. The van der Waals surface area contributed by atoms with Crippen LogP contribution in [0.4, 0.5) is 5.69 Å². The van der Waals surface area contributed by atoms with E-state index >= 15 is 0 Å². The molecular weight excluding hydrogens is 330 g/mol. The molecule has 0 aliphatic heterocycles. The molecular formula is C20H15N3OS. The molecule has 1 aromatic heterocycles. The Morgan fingerprint density at radius 3 is 1.80 bits per heavy atom. The van der Waals surface area contributed by atoms with E-state index in [4.69, 9.17) is 0 Å². The Bertz CT molecular complexity index is 1090. The smallest absolute Gasteiger partial charge is 0.246 e. The third kappa shape index (κ3) is 3.09. The highest BCUT2D eigenvalue weighted by Crippen LogP contribution is 2.12. The highest BCUT2D eigenvalue weighted by Gasteiger charge is 2.12. The number of nitrogens with zero attached hydrogens (tertiary/aromatic N) is 3. The highest BCUT2D eigenvalue weighted by molar-refractivity contribution is 7.03.